The van der Waals surface area contributed by atoms with Gasteiger partial charge in [-0.15, -0.1) is 0 Å². The number of carboxylic acids is 1. The summed E-state index contributed by atoms with van der Waals surface area (Å²) >= 11 is 0. The molecular formula is C22H24FLiN2O3. The van der Waals surface area contributed by atoms with Crippen LogP contribution in [0.5, 0.6) is 0 Å². The van der Waals surface area contributed by atoms with Crippen molar-refractivity contribution >= 4 is 11.9 Å². The number of hydrogen-bond acceptors (Lipinski definition) is 4. The zero-order valence-corrected chi connectivity index (χ0v) is 16.9. The Bertz CT molecular complexity index is 827. The summed E-state index contributed by atoms with van der Waals surface area (Å²) in [4.78, 5) is 25.9. The fourth-order valence-corrected chi connectivity index (χ4v) is 3.60. The van der Waals surface area contributed by atoms with Gasteiger partial charge in [-0.05, 0) is 55.1 Å². The molecule has 0 radical (unpaired) electrons. The van der Waals surface area contributed by atoms with Crippen molar-refractivity contribution in [1.82, 2.24) is 10.2 Å². The zero-order chi connectivity index (χ0) is 20.1. The van der Waals surface area contributed by atoms with Gasteiger partial charge in [0.2, 0.25) is 5.91 Å². The van der Waals surface area contributed by atoms with Crippen molar-refractivity contribution in [3.05, 3.63) is 71.0 Å². The van der Waals surface area contributed by atoms with E-state index in [4.69, 9.17) is 0 Å². The van der Waals surface area contributed by atoms with Gasteiger partial charge in [-0.3, -0.25) is 9.69 Å². The summed E-state index contributed by atoms with van der Waals surface area (Å²) in [7, 11) is 0. The molecule has 29 heavy (non-hydrogen) atoms. The van der Waals surface area contributed by atoms with Crippen LogP contribution < -0.4 is 29.3 Å². The molecule has 2 aromatic carbocycles. The summed E-state index contributed by atoms with van der Waals surface area (Å²) in [5, 5.41) is 13.9. The number of likely N-dealkylation sites (tertiary alicyclic amines) is 1. The monoisotopic (exact) mass is 390 g/mol. The molecule has 0 saturated carbocycles. The zero-order valence-electron chi connectivity index (χ0n) is 16.9. The smallest absolute Gasteiger partial charge is 0.545 e. The molecule has 0 aliphatic carbocycles. The molecule has 1 heterocycles. The van der Waals surface area contributed by atoms with Gasteiger partial charge in [0.25, 0.3) is 0 Å². The minimum Gasteiger partial charge on any atom is -0.545 e. The number of carbonyl (C=O) groups excluding carboxylic acids is 2. The predicted molar refractivity (Wildman–Crippen MR) is 102 cm³/mol. The molecule has 1 fully saturated rings. The first-order valence-electron chi connectivity index (χ1n) is 9.54. The van der Waals surface area contributed by atoms with E-state index in [1.807, 2.05) is 6.92 Å². The second kappa shape index (κ2) is 10.6. The second-order valence-corrected chi connectivity index (χ2v) is 7.25. The number of nitrogens with zero attached hydrogens (tertiary/aromatic N) is 1. The number of benzene rings is 2. The van der Waals surface area contributed by atoms with E-state index in [1.54, 1.807) is 24.3 Å². The van der Waals surface area contributed by atoms with Gasteiger partial charge in [0, 0.05) is 6.54 Å². The van der Waals surface area contributed by atoms with E-state index in [0.717, 1.165) is 36.9 Å². The predicted octanol–water partition coefficient (Wildman–Crippen LogP) is -0.575. The summed E-state index contributed by atoms with van der Waals surface area (Å²) in [6.45, 7) is 3.30. The fourth-order valence-electron chi connectivity index (χ4n) is 3.60. The van der Waals surface area contributed by atoms with E-state index in [0.29, 0.717) is 6.54 Å². The molecular weight excluding hydrogens is 366 g/mol. The maximum atomic E-state index is 13.1. The molecule has 1 saturated heterocycles. The van der Waals surface area contributed by atoms with E-state index in [1.165, 1.54) is 24.3 Å². The van der Waals surface area contributed by atoms with Crippen LogP contribution in [0, 0.1) is 5.82 Å². The Morgan fingerprint density at radius 2 is 1.79 bits per heavy atom. The van der Waals surface area contributed by atoms with E-state index in [-0.39, 0.29) is 48.2 Å². The van der Waals surface area contributed by atoms with Gasteiger partial charge in [0.15, 0.2) is 0 Å². The number of halogens is 1. The number of nitrogens with one attached hydrogen (secondary N) is 1. The van der Waals surface area contributed by atoms with Crippen LogP contribution in [0.1, 0.15) is 53.7 Å². The van der Waals surface area contributed by atoms with Crippen LogP contribution >= 0.6 is 0 Å². The van der Waals surface area contributed by atoms with Crippen LogP contribution in [-0.2, 0) is 11.3 Å². The van der Waals surface area contributed by atoms with E-state index in [9.17, 15) is 19.1 Å². The van der Waals surface area contributed by atoms with Gasteiger partial charge < -0.3 is 15.2 Å². The van der Waals surface area contributed by atoms with Gasteiger partial charge in [-0.25, -0.2) is 4.39 Å². The van der Waals surface area contributed by atoms with E-state index < -0.39 is 5.97 Å². The van der Waals surface area contributed by atoms with Gasteiger partial charge in [0.1, 0.15) is 5.82 Å². The van der Waals surface area contributed by atoms with Crippen molar-refractivity contribution < 1.29 is 37.9 Å². The Morgan fingerprint density at radius 1 is 1.14 bits per heavy atom. The third-order valence-electron chi connectivity index (χ3n) is 5.22. The molecule has 1 amide bonds. The van der Waals surface area contributed by atoms with Gasteiger partial charge in [-0.1, -0.05) is 42.8 Å². The molecule has 5 nitrogen and oxygen atoms in total. The van der Waals surface area contributed by atoms with Crippen molar-refractivity contribution in [2.45, 2.75) is 44.8 Å². The Balaban J connectivity index is 0.00000300. The summed E-state index contributed by atoms with van der Waals surface area (Å²) in [6, 6.07) is 12.2. The second-order valence-electron chi connectivity index (χ2n) is 7.25. The third kappa shape index (κ3) is 6.17. The summed E-state index contributed by atoms with van der Waals surface area (Å²) in [5.74, 6) is -1.53. The van der Waals surface area contributed by atoms with Gasteiger partial charge in [0.05, 0.1) is 18.1 Å². The van der Waals surface area contributed by atoms with Crippen LogP contribution in [0.15, 0.2) is 48.5 Å². The number of carboxylic acid groups (broad SMARTS) is 1. The molecule has 7 heteroatoms. The first-order chi connectivity index (χ1) is 13.4. The van der Waals surface area contributed by atoms with Crippen LogP contribution in [0.3, 0.4) is 0 Å². The Kier molecular flexibility index (Phi) is 8.45. The first kappa shape index (κ1) is 23.1. The molecule has 2 atom stereocenters. The average Bonchev–Trinajstić information content (AvgIpc) is 2.70. The van der Waals surface area contributed by atoms with Crippen LogP contribution in [0.25, 0.3) is 0 Å². The molecule has 0 bridgehead atoms. The van der Waals surface area contributed by atoms with Gasteiger partial charge >= 0.3 is 18.9 Å². The number of rotatable bonds is 6. The van der Waals surface area contributed by atoms with Crippen molar-refractivity contribution in [1.29, 1.82) is 0 Å². The molecule has 1 aliphatic rings. The summed E-state index contributed by atoms with van der Waals surface area (Å²) in [6.07, 6.45) is 2.81. The fraction of sp³-hybridized carbons (Fsp3) is 0.364. The number of carbonyl (C=O) groups is 2. The van der Waals surface area contributed by atoms with Crippen molar-refractivity contribution in [3.8, 4) is 0 Å². The van der Waals surface area contributed by atoms with Crippen molar-refractivity contribution in [3.63, 3.8) is 0 Å². The molecule has 2 aromatic rings. The Hall–Kier alpha value is -2.13. The SMILES string of the molecule is C[C@H](NC(=O)C1CCCCN1Cc1ccc(F)cc1)c1ccc(C(=O)[O-])cc1.[Li+]. The molecule has 1 aliphatic heterocycles. The molecule has 0 spiro atoms. The number of hydrogen-bond donors (Lipinski definition) is 1. The Morgan fingerprint density at radius 3 is 2.41 bits per heavy atom. The number of piperidine rings is 1. The maximum Gasteiger partial charge on any atom is 1.00 e. The largest absolute Gasteiger partial charge is 1.00 e. The van der Waals surface area contributed by atoms with E-state index >= 15 is 0 Å². The molecule has 1 unspecified atom stereocenters. The normalized spacial score (nSPS) is 17.8. The number of aromatic carboxylic acids is 1. The van der Waals surface area contributed by atoms with E-state index in [2.05, 4.69) is 10.2 Å². The first-order valence-corrected chi connectivity index (χ1v) is 9.54. The minimum atomic E-state index is -1.22. The molecule has 1 N–H and O–H groups in total. The molecule has 3 rings (SSSR count). The van der Waals surface area contributed by atoms with Crippen LogP contribution in [0.4, 0.5) is 4.39 Å². The standard InChI is InChI=1S/C22H25FN2O3.Li/c1-15(17-7-9-18(10-8-17)22(27)28)24-21(26)20-4-2-3-13-25(20)14-16-5-11-19(23)12-6-16;/h5-12,15,20H,2-4,13-14H2,1H3,(H,24,26)(H,27,28);/q;+1/p-1/t15-,20?;/m0./s1. The Labute approximate surface area is 182 Å². The molecule has 0 aromatic heterocycles. The van der Waals surface area contributed by atoms with Crippen LogP contribution in [-0.4, -0.2) is 29.4 Å². The van der Waals surface area contributed by atoms with Crippen molar-refractivity contribution in [2.75, 3.05) is 6.54 Å². The third-order valence-corrected chi connectivity index (χ3v) is 5.22. The minimum absolute atomic E-state index is 0. The number of amides is 1. The quantitative estimate of drug-likeness (QED) is 0.671. The topological polar surface area (TPSA) is 72.5 Å². The summed E-state index contributed by atoms with van der Waals surface area (Å²) in [5.41, 5.74) is 1.92. The summed E-state index contributed by atoms with van der Waals surface area (Å²) < 4.78 is 13.1. The maximum absolute atomic E-state index is 13.1. The van der Waals surface area contributed by atoms with Crippen LogP contribution in [0.2, 0.25) is 0 Å². The molecule has 148 valence electrons. The van der Waals surface area contributed by atoms with Gasteiger partial charge in [-0.2, -0.15) is 0 Å². The average molecular weight is 390 g/mol. The van der Waals surface area contributed by atoms with Crippen molar-refractivity contribution in [2.24, 2.45) is 0 Å².